The minimum atomic E-state index is 0.496. The minimum Gasteiger partial charge on any atom is -0.493 e. The van der Waals surface area contributed by atoms with Crippen molar-refractivity contribution in [1.82, 2.24) is 9.97 Å². The summed E-state index contributed by atoms with van der Waals surface area (Å²) in [6.07, 6.45) is 1.76. The van der Waals surface area contributed by atoms with Crippen molar-refractivity contribution in [1.29, 1.82) is 0 Å². The Hall–Kier alpha value is -1.68. The molecule has 0 fully saturated rings. The molecule has 0 saturated heterocycles. The summed E-state index contributed by atoms with van der Waals surface area (Å²) < 4.78 is 10.4. The van der Waals surface area contributed by atoms with Gasteiger partial charge < -0.3 is 14.5 Å². The molecule has 0 aliphatic carbocycles. The Balaban J connectivity index is 2.53. The van der Waals surface area contributed by atoms with Crippen molar-refractivity contribution in [3.8, 4) is 22.9 Å². The Kier molecular flexibility index (Phi) is 3.24. The topological polar surface area (TPSA) is 47.1 Å². The number of halogens is 1. The summed E-state index contributed by atoms with van der Waals surface area (Å²) in [5.41, 5.74) is 1.85. The van der Waals surface area contributed by atoms with Crippen LogP contribution in [0.5, 0.6) is 11.5 Å². The number of methoxy groups -OCH3 is 2. The van der Waals surface area contributed by atoms with Crippen LogP contribution in [0.1, 0.15) is 5.69 Å². The summed E-state index contributed by atoms with van der Waals surface area (Å²) in [6, 6.07) is 3.63. The molecule has 1 N–H and O–H groups in total. The summed E-state index contributed by atoms with van der Waals surface area (Å²) in [4.78, 5) is 7.39. The van der Waals surface area contributed by atoms with Crippen molar-refractivity contribution >= 4 is 11.6 Å². The Morgan fingerprint density at radius 3 is 2.53 bits per heavy atom. The number of hydrogen-bond donors (Lipinski definition) is 1. The summed E-state index contributed by atoms with van der Waals surface area (Å²) in [6.45, 7) is 1.94. The number of aromatic nitrogens is 2. The molecule has 2 rings (SSSR count). The average Bonchev–Trinajstić information content (AvgIpc) is 2.74. The van der Waals surface area contributed by atoms with E-state index in [1.54, 1.807) is 26.5 Å². The van der Waals surface area contributed by atoms with E-state index in [2.05, 4.69) is 9.97 Å². The van der Waals surface area contributed by atoms with Gasteiger partial charge in [0.1, 0.15) is 5.82 Å². The first-order valence-corrected chi connectivity index (χ1v) is 5.47. The van der Waals surface area contributed by atoms with Crippen molar-refractivity contribution < 1.29 is 9.47 Å². The molecule has 0 spiro atoms. The molecule has 1 aromatic heterocycles. The standard InChI is InChI=1S/C12H13ClN2O2/c1-7-6-14-12(15-7)8-4-9(13)11(17-3)10(5-8)16-2/h4-6H,1-3H3,(H,14,15). The first kappa shape index (κ1) is 11.8. The third-order valence-electron chi connectivity index (χ3n) is 2.41. The molecule has 0 bridgehead atoms. The zero-order valence-electron chi connectivity index (χ0n) is 9.87. The highest BCUT2D eigenvalue weighted by Crippen LogP contribution is 2.38. The fourth-order valence-electron chi connectivity index (χ4n) is 1.61. The minimum absolute atomic E-state index is 0.496. The molecule has 0 amide bonds. The van der Waals surface area contributed by atoms with Crippen LogP contribution in [0.3, 0.4) is 0 Å². The monoisotopic (exact) mass is 252 g/mol. The first-order valence-electron chi connectivity index (χ1n) is 5.09. The van der Waals surface area contributed by atoms with E-state index in [0.29, 0.717) is 16.5 Å². The molecule has 0 saturated carbocycles. The number of hydrogen-bond acceptors (Lipinski definition) is 3. The highest BCUT2D eigenvalue weighted by molar-refractivity contribution is 6.32. The number of benzene rings is 1. The van der Waals surface area contributed by atoms with E-state index in [0.717, 1.165) is 17.1 Å². The molecule has 0 unspecified atom stereocenters. The lowest BCUT2D eigenvalue weighted by molar-refractivity contribution is 0.355. The lowest BCUT2D eigenvalue weighted by atomic mass is 10.2. The predicted octanol–water partition coefficient (Wildman–Crippen LogP) is 3.06. The van der Waals surface area contributed by atoms with Crippen LogP contribution < -0.4 is 9.47 Å². The van der Waals surface area contributed by atoms with Gasteiger partial charge in [-0.05, 0) is 19.1 Å². The Morgan fingerprint density at radius 2 is 2.00 bits per heavy atom. The van der Waals surface area contributed by atoms with E-state index in [1.807, 2.05) is 13.0 Å². The number of rotatable bonds is 3. The molecule has 2 aromatic rings. The maximum atomic E-state index is 6.12. The number of imidazole rings is 1. The molecule has 0 aliphatic rings. The summed E-state index contributed by atoms with van der Waals surface area (Å²) in [5, 5.41) is 0.496. The fourth-order valence-corrected chi connectivity index (χ4v) is 1.90. The molecular weight excluding hydrogens is 240 g/mol. The van der Waals surface area contributed by atoms with Crippen molar-refractivity contribution in [2.24, 2.45) is 0 Å². The zero-order valence-corrected chi connectivity index (χ0v) is 10.6. The van der Waals surface area contributed by atoms with Crippen molar-refractivity contribution in [3.05, 3.63) is 29.0 Å². The van der Waals surface area contributed by atoms with Crippen LogP contribution in [0.4, 0.5) is 0 Å². The van der Waals surface area contributed by atoms with Gasteiger partial charge in [0.15, 0.2) is 11.5 Å². The van der Waals surface area contributed by atoms with E-state index in [4.69, 9.17) is 21.1 Å². The lowest BCUT2D eigenvalue weighted by Crippen LogP contribution is -1.93. The van der Waals surface area contributed by atoms with Crippen molar-refractivity contribution in [2.75, 3.05) is 14.2 Å². The van der Waals surface area contributed by atoms with Gasteiger partial charge in [0.2, 0.25) is 0 Å². The molecular formula is C12H13ClN2O2. The maximum Gasteiger partial charge on any atom is 0.179 e. The predicted molar refractivity (Wildman–Crippen MR) is 66.9 cm³/mol. The van der Waals surface area contributed by atoms with Gasteiger partial charge in [-0.2, -0.15) is 0 Å². The van der Waals surface area contributed by atoms with Crippen molar-refractivity contribution in [2.45, 2.75) is 6.92 Å². The second kappa shape index (κ2) is 4.67. The first-order chi connectivity index (χ1) is 8.15. The molecule has 1 heterocycles. The smallest absolute Gasteiger partial charge is 0.179 e. The van der Waals surface area contributed by atoms with E-state index in [9.17, 15) is 0 Å². The summed E-state index contributed by atoms with van der Waals surface area (Å²) in [7, 11) is 3.13. The second-order valence-electron chi connectivity index (χ2n) is 3.61. The van der Waals surface area contributed by atoms with Crippen LogP contribution in [-0.2, 0) is 0 Å². The van der Waals surface area contributed by atoms with Crippen LogP contribution in [0.25, 0.3) is 11.4 Å². The normalized spacial score (nSPS) is 10.4. The highest BCUT2D eigenvalue weighted by atomic mass is 35.5. The Labute approximate surface area is 105 Å². The summed E-state index contributed by atoms with van der Waals surface area (Å²) in [5.74, 6) is 1.87. The third kappa shape index (κ3) is 2.22. The van der Waals surface area contributed by atoms with Gasteiger partial charge in [0.25, 0.3) is 0 Å². The Morgan fingerprint density at radius 1 is 1.24 bits per heavy atom. The quantitative estimate of drug-likeness (QED) is 0.913. The molecule has 1 aromatic carbocycles. The largest absolute Gasteiger partial charge is 0.493 e. The number of nitrogens with zero attached hydrogens (tertiary/aromatic N) is 1. The summed E-state index contributed by atoms with van der Waals surface area (Å²) >= 11 is 6.12. The number of H-pyrrole nitrogens is 1. The number of aromatic amines is 1. The van der Waals surface area contributed by atoms with Gasteiger partial charge in [0.05, 0.1) is 19.2 Å². The molecule has 0 atom stereocenters. The molecule has 17 heavy (non-hydrogen) atoms. The molecule has 5 heteroatoms. The fraction of sp³-hybridized carbons (Fsp3) is 0.250. The van der Waals surface area contributed by atoms with Gasteiger partial charge >= 0.3 is 0 Å². The number of aryl methyl sites for hydroxylation is 1. The average molecular weight is 253 g/mol. The van der Waals surface area contributed by atoms with Gasteiger partial charge in [-0.25, -0.2) is 4.98 Å². The highest BCUT2D eigenvalue weighted by Gasteiger charge is 2.13. The van der Waals surface area contributed by atoms with Crippen LogP contribution in [0.15, 0.2) is 18.3 Å². The van der Waals surface area contributed by atoms with E-state index in [-0.39, 0.29) is 0 Å². The molecule has 0 aliphatic heterocycles. The van der Waals surface area contributed by atoms with Gasteiger partial charge in [-0.3, -0.25) is 0 Å². The molecule has 0 radical (unpaired) electrons. The zero-order chi connectivity index (χ0) is 12.4. The Bertz CT molecular complexity index is 537. The van der Waals surface area contributed by atoms with E-state index >= 15 is 0 Å². The van der Waals surface area contributed by atoms with Crippen LogP contribution >= 0.6 is 11.6 Å². The van der Waals surface area contributed by atoms with E-state index < -0.39 is 0 Å². The second-order valence-corrected chi connectivity index (χ2v) is 4.02. The molecule has 90 valence electrons. The van der Waals surface area contributed by atoms with Crippen LogP contribution in [0, 0.1) is 6.92 Å². The van der Waals surface area contributed by atoms with Crippen LogP contribution in [-0.4, -0.2) is 24.2 Å². The lowest BCUT2D eigenvalue weighted by Gasteiger charge is -2.10. The number of ether oxygens (including phenoxy) is 2. The SMILES string of the molecule is COc1cc(-c2ncc(C)[nH]2)cc(Cl)c1OC. The van der Waals surface area contributed by atoms with Gasteiger partial charge in [0, 0.05) is 17.5 Å². The third-order valence-corrected chi connectivity index (χ3v) is 2.69. The van der Waals surface area contributed by atoms with Gasteiger partial charge in [-0.1, -0.05) is 11.6 Å². The van der Waals surface area contributed by atoms with Crippen molar-refractivity contribution in [3.63, 3.8) is 0 Å². The number of nitrogens with one attached hydrogen (secondary N) is 1. The molecule has 4 nitrogen and oxygen atoms in total. The van der Waals surface area contributed by atoms with Gasteiger partial charge in [-0.15, -0.1) is 0 Å². The van der Waals surface area contributed by atoms with Crippen LogP contribution in [0.2, 0.25) is 5.02 Å². The van der Waals surface area contributed by atoms with E-state index in [1.165, 1.54) is 0 Å². The maximum absolute atomic E-state index is 6.12.